The first-order valence-electron chi connectivity index (χ1n) is 7.11. The maximum Gasteiger partial charge on any atom is 0.233 e. The van der Waals surface area contributed by atoms with Gasteiger partial charge in [-0.2, -0.15) is 0 Å². The Kier molecular flexibility index (Phi) is 4.05. The molecule has 0 spiro atoms. The van der Waals surface area contributed by atoms with E-state index in [0.717, 1.165) is 25.7 Å². The van der Waals surface area contributed by atoms with Gasteiger partial charge in [-0.25, -0.2) is 0 Å². The van der Waals surface area contributed by atoms with Gasteiger partial charge < -0.3 is 5.11 Å². The molecule has 1 saturated heterocycles. The van der Waals surface area contributed by atoms with Crippen LogP contribution in [0.15, 0.2) is 0 Å². The van der Waals surface area contributed by atoms with Crippen molar-refractivity contribution in [3.05, 3.63) is 0 Å². The molecule has 2 amide bonds. The lowest BCUT2D eigenvalue weighted by atomic mass is 10.00. The van der Waals surface area contributed by atoms with E-state index in [-0.39, 0.29) is 36.3 Å². The molecule has 0 aromatic carbocycles. The number of fused-ring (bicyclic) bond motifs is 1. The van der Waals surface area contributed by atoms with Crippen molar-refractivity contribution >= 4 is 11.8 Å². The standard InChI is InChI=1S/C14H23NO3/c1-3-9-7-11-12(8-9)14(18)15(13(11)17)10(4-2)5-6-16/h9-12,16H,3-8H2,1-2H3. The van der Waals surface area contributed by atoms with Crippen LogP contribution in [0, 0.1) is 17.8 Å². The number of hydrogen-bond donors (Lipinski definition) is 1. The van der Waals surface area contributed by atoms with Gasteiger partial charge >= 0.3 is 0 Å². The number of hydrogen-bond acceptors (Lipinski definition) is 3. The van der Waals surface area contributed by atoms with Crippen molar-refractivity contribution in [2.75, 3.05) is 6.61 Å². The van der Waals surface area contributed by atoms with E-state index in [9.17, 15) is 9.59 Å². The number of carbonyl (C=O) groups is 2. The van der Waals surface area contributed by atoms with Gasteiger partial charge in [0.1, 0.15) is 0 Å². The van der Waals surface area contributed by atoms with Crippen LogP contribution < -0.4 is 0 Å². The monoisotopic (exact) mass is 253 g/mol. The van der Waals surface area contributed by atoms with E-state index in [2.05, 4.69) is 6.92 Å². The Hall–Kier alpha value is -0.900. The molecule has 1 aliphatic heterocycles. The summed E-state index contributed by atoms with van der Waals surface area (Å²) in [6.45, 7) is 4.12. The SMILES string of the molecule is CCC1CC2C(=O)N(C(CC)CCO)C(=O)C2C1. The molecule has 1 heterocycles. The van der Waals surface area contributed by atoms with Crippen molar-refractivity contribution in [2.45, 2.75) is 52.0 Å². The van der Waals surface area contributed by atoms with Crippen LogP contribution in [0.25, 0.3) is 0 Å². The van der Waals surface area contributed by atoms with E-state index in [0.29, 0.717) is 12.3 Å². The molecule has 0 aromatic heterocycles. The number of nitrogens with zero attached hydrogens (tertiary/aromatic N) is 1. The molecule has 2 aliphatic rings. The number of aliphatic hydroxyl groups is 1. The molecule has 102 valence electrons. The first-order valence-corrected chi connectivity index (χ1v) is 7.11. The Balaban J connectivity index is 2.13. The molecule has 0 bridgehead atoms. The Morgan fingerprint density at radius 3 is 2.17 bits per heavy atom. The van der Waals surface area contributed by atoms with Gasteiger partial charge in [0.05, 0.1) is 11.8 Å². The van der Waals surface area contributed by atoms with E-state index in [4.69, 9.17) is 5.11 Å². The minimum Gasteiger partial charge on any atom is -0.396 e. The third-order valence-electron chi connectivity index (χ3n) is 4.65. The van der Waals surface area contributed by atoms with E-state index in [1.807, 2.05) is 6.92 Å². The number of carbonyl (C=O) groups excluding carboxylic acids is 2. The normalized spacial score (nSPS) is 33.1. The second-order valence-corrected chi connectivity index (χ2v) is 5.58. The smallest absolute Gasteiger partial charge is 0.233 e. The van der Waals surface area contributed by atoms with Gasteiger partial charge in [0, 0.05) is 12.6 Å². The highest BCUT2D eigenvalue weighted by atomic mass is 16.3. The average Bonchev–Trinajstić information content (AvgIpc) is 2.89. The van der Waals surface area contributed by atoms with Gasteiger partial charge in [-0.05, 0) is 31.6 Å². The summed E-state index contributed by atoms with van der Waals surface area (Å²) in [7, 11) is 0. The van der Waals surface area contributed by atoms with Crippen molar-refractivity contribution in [2.24, 2.45) is 17.8 Å². The molecule has 3 atom stereocenters. The van der Waals surface area contributed by atoms with E-state index in [1.54, 1.807) is 0 Å². The summed E-state index contributed by atoms with van der Waals surface area (Å²) in [6, 6.07) is -0.110. The van der Waals surface area contributed by atoms with Gasteiger partial charge in [-0.1, -0.05) is 20.3 Å². The fourth-order valence-corrected chi connectivity index (χ4v) is 3.51. The third kappa shape index (κ3) is 2.07. The van der Waals surface area contributed by atoms with Crippen LogP contribution in [0.1, 0.15) is 46.0 Å². The summed E-state index contributed by atoms with van der Waals surface area (Å²) in [5.41, 5.74) is 0. The molecule has 2 fully saturated rings. The number of aliphatic hydroxyl groups excluding tert-OH is 1. The molecule has 0 aromatic rings. The lowest BCUT2D eigenvalue weighted by Crippen LogP contribution is -2.41. The molecule has 18 heavy (non-hydrogen) atoms. The van der Waals surface area contributed by atoms with Crippen molar-refractivity contribution < 1.29 is 14.7 Å². The Labute approximate surface area is 108 Å². The first kappa shape index (κ1) is 13.5. The summed E-state index contributed by atoms with van der Waals surface area (Å²) in [5, 5.41) is 9.03. The average molecular weight is 253 g/mol. The summed E-state index contributed by atoms with van der Waals surface area (Å²) >= 11 is 0. The van der Waals surface area contributed by atoms with E-state index in [1.165, 1.54) is 4.90 Å². The predicted molar refractivity (Wildman–Crippen MR) is 67.6 cm³/mol. The van der Waals surface area contributed by atoms with Crippen LogP contribution in [-0.4, -0.2) is 34.5 Å². The summed E-state index contributed by atoms with van der Waals surface area (Å²) < 4.78 is 0. The predicted octanol–water partition coefficient (Wildman–Crippen LogP) is 1.57. The van der Waals surface area contributed by atoms with Gasteiger partial charge in [-0.15, -0.1) is 0 Å². The number of likely N-dealkylation sites (tertiary alicyclic amines) is 1. The molecule has 4 nitrogen and oxygen atoms in total. The van der Waals surface area contributed by atoms with Crippen molar-refractivity contribution in [1.29, 1.82) is 0 Å². The fourth-order valence-electron chi connectivity index (χ4n) is 3.51. The molecule has 0 radical (unpaired) electrons. The summed E-state index contributed by atoms with van der Waals surface area (Å²) in [6.07, 6.45) is 4.04. The van der Waals surface area contributed by atoms with Crippen LogP contribution in [-0.2, 0) is 9.59 Å². The topological polar surface area (TPSA) is 57.6 Å². The Morgan fingerprint density at radius 1 is 1.22 bits per heavy atom. The van der Waals surface area contributed by atoms with Crippen LogP contribution >= 0.6 is 0 Å². The maximum atomic E-state index is 12.4. The fraction of sp³-hybridized carbons (Fsp3) is 0.857. The molecule has 3 unspecified atom stereocenters. The van der Waals surface area contributed by atoms with Crippen LogP contribution in [0.4, 0.5) is 0 Å². The summed E-state index contributed by atoms with van der Waals surface area (Å²) in [4.78, 5) is 26.2. The lowest BCUT2D eigenvalue weighted by Gasteiger charge is -2.26. The van der Waals surface area contributed by atoms with Gasteiger partial charge in [0.2, 0.25) is 11.8 Å². The van der Waals surface area contributed by atoms with Crippen molar-refractivity contribution in [3.63, 3.8) is 0 Å². The largest absolute Gasteiger partial charge is 0.396 e. The number of amides is 2. The molecule has 1 aliphatic carbocycles. The zero-order valence-electron chi connectivity index (χ0n) is 11.3. The lowest BCUT2D eigenvalue weighted by molar-refractivity contribution is -0.143. The van der Waals surface area contributed by atoms with Crippen LogP contribution in [0.3, 0.4) is 0 Å². The van der Waals surface area contributed by atoms with Gasteiger partial charge in [0.15, 0.2) is 0 Å². The minimum atomic E-state index is -0.110. The minimum absolute atomic E-state index is 0.0150. The highest BCUT2D eigenvalue weighted by Crippen LogP contribution is 2.45. The zero-order valence-corrected chi connectivity index (χ0v) is 11.3. The quantitative estimate of drug-likeness (QED) is 0.757. The van der Waals surface area contributed by atoms with Gasteiger partial charge in [0.25, 0.3) is 0 Å². The second-order valence-electron chi connectivity index (χ2n) is 5.58. The molecule has 1 N–H and O–H groups in total. The molecule has 2 rings (SSSR count). The molecule has 4 heteroatoms. The first-order chi connectivity index (χ1) is 8.63. The van der Waals surface area contributed by atoms with Crippen molar-refractivity contribution in [3.8, 4) is 0 Å². The highest BCUT2D eigenvalue weighted by molar-refractivity contribution is 6.05. The number of imide groups is 1. The van der Waals surface area contributed by atoms with Gasteiger partial charge in [-0.3, -0.25) is 14.5 Å². The van der Waals surface area contributed by atoms with Crippen LogP contribution in [0.5, 0.6) is 0 Å². The summed E-state index contributed by atoms with van der Waals surface area (Å²) in [5.74, 6) is 0.417. The molecular formula is C14H23NO3. The Morgan fingerprint density at radius 2 is 1.78 bits per heavy atom. The Bertz CT molecular complexity index is 318. The second kappa shape index (κ2) is 5.39. The zero-order chi connectivity index (χ0) is 13.3. The van der Waals surface area contributed by atoms with Crippen molar-refractivity contribution in [1.82, 2.24) is 4.90 Å². The molecule has 1 saturated carbocycles. The van der Waals surface area contributed by atoms with E-state index < -0.39 is 0 Å². The molecular weight excluding hydrogens is 230 g/mol. The maximum absolute atomic E-state index is 12.4. The number of rotatable bonds is 5. The van der Waals surface area contributed by atoms with Crippen LogP contribution in [0.2, 0.25) is 0 Å². The van der Waals surface area contributed by atoms with E-state index >= 15 is 0 Å². The third-order valence-corrected chi connectivity index (χ3v) is 4.65. The highest BCUT2D eigenvalue weighted by Gasteiger charge is 2.53.